The largest absolute Gasteiger partial charge is 0.349 e. The Balaban J connectivity index is 2.41. The number of ketones is 1. The molecule has 0 fully saturated rings. The Bertz CT molecular complexity index is 576. The molecule has 2 aromatic rings. The van der Waals surface area contributed by atoms with Gasteiger partial charge in [0.25, 0.3) is 0 Å². The molecule has 0 saturated heterocycles. The van der Waals surface area contributed by atoms with Crippen molar-refractivity contribution in [2.45, 2.75) is 13.2 Å². The van der Waals surface area contributed by atoms with Crippen molar-refractivity contribution in [3.05, 3.63) is 41.6 Å². The molecule has 0 spiro atoms. The molecule has 4 heteroatoms. The van der Waals surface area contributed by atoms with Crippen LogP contribution in [0.2, 0.25) is 0 Å². The summed E-state index contributed by atoms with van der Waals surface area (Å²) in [6.07, 6.45) is -0.860. The molecule has 0 bridgehead atoms. The van der Waals surface area contributed by atoms with Crippen molar-refractivity contribution in [3.63, 3.8) is 0 Å². The molecule has 0 aliphatic rings. The van der Waals surface area contributed by atoms with E-state index < -0.39 is 6.29 Å². The average Bonchev–Trinajstić information content (AvgIpc) is 2.39. The molecule has 4 nitrogen and oxygen atoms in total. The molecule has 0 saturated carbocycles. The van der Waals surface area contributed by atoms with Gasteiger partial charge >= 0.3 is 0 Å². The summed E-state index contributed by atoms with van der Waals surface area (Å²) in [7, 11) is 2.88. The maximum absolute atomic E-state index is 12.0. The van der Waals surface area contributed by atoms with Gasteiger partial charge in [-0.3, -0.25) is 9.78 Å². The van der Waals surface area contributed by atoms with Gasteiger partial charge in [0, 0.05) is 30.9 Å². The zero-order valence-electron chi connectivity index (χ0n) is 10.6. The summed E-state index contributed by atoms with van der Waals surface area (Å²) in [5.41, 5.74) is 2.38. The van der Waals surface area contributed by atoms with E-state index in [1.165, 1.54) is 14.2 Å². The molecular formula is C14H15NO3. The molecule has 18 heavy (non-hydrogen) atoms. The molecule has 0 aliphatic carbocycles. The van der Waals surface area contributed by atoms with Crippen LogP contribution in [0.3, 0.4) is 0 Å². The lowest BCUT2D eigenvalue weighted by Gasteiger charge is -2.12. The Kier molecular flexibility index (Phi) is 3.69. The van der Waals surface area contributed by atoms with Crippen molar-refractivity contribution >= 4 is 16.7 Å². The van der Waals surface area contributed by atoms with E-state index in [1.54, 1.807) is 12.1 Å². The van der Waals surface area contributed by atoms with Crippen LogP contribution < -0.4 is 0 Å². The second-order valence-electron chi connectivity index (χ2n) is 4.03. The van der Waals surface area contributed by atoms with Crippen LogP contribution in [0.1, 0.15) is 16.1 Å². The highest BCUT2D eigenvalue weighted by Gasteiger charge is 2.18. The third kappa shape index (κ3) is 2.39. The van der Waals surface area contributed by atoms with Gasteiger partial charge in [-0.15, -0.1) is 0 Å². The Morgan fingerprint density at radius 1 is 1.17 bits per heavy atom. The quantitative estimate of drug-likeness (QED) is 0.612. The summed E-state index contributed by atoms with van der Waals surface area (Å²) < 4.78 is 9.92. The number of ether oxygens (including phenoxy) is 2. The van der Waals surface area contributed by atoms with Crippen molar-refractivity contribution in [3.8, 4) is 0 Å². The summed E-state index contributed by atoms with van der Waals surface area (Å²) >= 11 is 0. The zero-order valence-corrected chi connectivity index (χ0v) is 10.6. The summed E-state index contributed by atoms with van der Waals surface area (Å²) in [6.45, 7) is 1.93. The van der Waals surface area contributed by atoms with E-state index in [4.69, 9.17) is 9.47 Å². The molecule has 0 unspecified atom stereocenters. The van der Waals surface area contributed by atoms with Crippen LogP contribution in [-0.2, 0) is 9.47 Å². The fourth-order valence-electron chi connectivity index (χ4n) is 1.83. The van der Waals surface area contributed by atoms with Crippen molar-refractivity contribution in [2.24, 2.45) is 0 Å². The van der Waals surface area contributed by atoms with Crippen LogP contribution >= 0.6 is 0 Å². The number of aromatic nitrogens is 1. The SMILES string of the molecule is COC(OC)C(=O)c1ccc2nc(C)ccc2c1. The van der Waals surface area contributed by atoms with Gasteiger partial charge in [-0.2, -0.15) is 0 Å². The minimum Gasteiger partial charge on any atom is -0.349 e. The van der Waals surface area contributed by atoms with Gasteiger partial charge in [0.15, 0.2) is 0 Å². The average molecular weight is 245 g/mol. The van der Waals surface area contributed by atoms with Crippen LogP contribution in [0, 0.1) is 6.92 Å². The minimum atomic E-state index is -0.860. The summed E-state index contributed by atoms with van der Waals surface area (Å²) in [6, 6.07) is 9.24. The Hall–Kier alpha value is -1.78. The smallest absolute Gasteiger partial charge is 0.222 e. The molecule has 2 rings (SSSR count). The first kappa shape index (κ1) is 12.7. The topological polar surface area (TPSA) is 48.4 Å². The fraction of sp³-hybridized carbons (Fsp3) is 0.286. The van der Waals surface area contributed by atoms with Gasteiger partial charge in [-0.1, -0.05) is 6.07 Å². The summed E-state index contributed by atoms with van der Waals surface area (Å²) in [5, 5.41) is 0.928. The van der Waals surface area contributed by atoms with Crippen molar-refractivity contribution in [1.29, 1.82) is 0 Å². The number of fused-ring (bicyclic) bond motifs is 1. The van der Waals surface area contributed by atoms with Gasteiger partial charge in [0.1, 0.15) is 0 Å². The number of pyridine rings is 1. The maximum Gasteiger partial charge on any atom is 0.222 e. The first-order valence-electron chi connectivity index (χ1n) is 5.63. The first-order chi connectivity index (χ1) is 8.65. The molecule has 0 aliphatic heterocycles. The van der Waals surface area contributed by atoms with E-state index in [9.17, 15) is 4.79 Å². The maximum atomic E-state index is 12.0. The third-order valence-electron chi connectivity index (χ3n) is 2.76. The van der Waals surface area contributed by atoms with Crippen molar-refractivity contribution in [1.82, 2.24) is 4.98 Å². The lowest BCUT2D eigenvalue weighted by molar-refractivity contribution is -0.0742. The number of hydrogen-bond acceptors (Lipinski definition) is 4. The van der Waals surface area contributed by atoms with E-state index in [0.717, 1.165) is 16.6 Å². The standard InChI is InChI=1S/C14H15NO3/c1-9-4-5-10-8-11(6-7-12(10)15-9)13(16)14(17-2)18-3/h4-8,14H,1-3H3. The van der Waals surface area contributed by atoms with E-state index in [1.807, 2.05) is 25.1 Å². The van der Waals surface area contributed by atoms with Gasteiger partial charge in [-0.05, 0) is 31.2 Å². The van der Waals surface area contributed by atoms with E-state index in [-0.39, 0.29) is 5.78 Å². The molecular weight excluding hydrogens is 230 g/mol. The van der Waals surface area contributed by atoms with E-state index in [0.29, 0.717) is 5.56 Å². The summed E-state index contributed by atoms with van der Waals surface area (Å²) in [5.74, 6) is -0.192. The second-order valence-corrected chi connectivity index (χ2v) is 4.03. The molecule has 0 atom stereocenters. The molecule has 1 heterocycles. The fourth-order valence-corrected chi connectivity index (χ4v) is 1.83. The van der Waals surface area contributed by atoms with Gasteiger partial charge < -0.3 is 9.47 Å². The monoisotopic (exact) mass is 245 g/mol. The second kappa shape index (κ2) is 5.25. The van der Waals surface area contributed by atoms with Crippen LogP contribution in [0.15, 0.2) is 30.3 Å². The first-order valence-corrected chi connectivity index (χ1v) is 5.63. The van der Waals surface area contributed by atoms with E-state index >= 15 is 0 Å². The molecule has 1 aromatic carbocycles. The van der Waals surface area contributed by atoms with Crippen molar-refractivity contribution < 1.29 is 14.3 Å². The van der Waals surface area contributed by atoms with Crippen LogP contribution in [-0.4, -0.2) is 31.3 Å². The van der Waals surface area contributed by atoms with Crippen LogP contribution in [0.4, 0.5) is 0 Å². The van der Waals surface area contributed by atoms with Crippen LogP contribution in [0.25, 0.3) is 10.9 Å². The van der Waals surface area contributed by atoms with Gasteiger partial charge in [-0.25, -0.2) is 0 Å². The van der Waals surface area contributed by atoms with Gasteiger partial charge in [0.2, 0.25) is 12.1 Å². The lowest BCUT2D eigenvalue weighted by atomic mass is 10.1. The molecule has 0 radical (unpaired) electrons. The highest BCUT2D eigenvalue weighted by molar-refractivity contribution is 6.01. The van der Waals surface area contributed by atoms with E-state index in [2.05, 4.69) is 4.98 Å². The molecule has 0 N–H and O–H groups in total. The predicted octanol–water partition coefficient (Wildman–Crippen LogP) is 2.34. The number of hydrogen-bond donors (Lipinski definition) is 0. The number of nitrogens with zero attached hydrogens (tertiary/aromatic N) is 1. The number of carbonyl (C=O) groups excluding carboxylic acids is 1. The molecule has 94 valence electrons. The van der Waals surface area contributed by atoms with Crippen LogP contribution in [0.5, 0.6) is 0 Å². The Labute approximate surface area is 106 Å². The predicted molar refractivity (Wildman–Crippen MR) is 68.6 cm³/mol. The number of aryl methyl sites for hydroxylation is 1. The zero-order chi connectivity index (χ0) is 13.1. The number of rotatable bonds is 4. The third-order valence-corrected chi connectivity index (χ3v) is 2.76. The van der Waals surface area contributed by atoms with Crippen molar-refractivity contribution in [2.75, 3.05) is 14.2 Å². The highest BCUT2D eigenvalue weighted by atomic mass is 16.7. The van der Waals surface area contributed by atoms with Gasteiger partial charge in [0.05, 0.1) is 5.52 Å². The number of Topliss-reactive ketones (excluding diaryl/α,β-unsaturated/α-hetero) is 1. The summed E-state index contributed by atoms with van der Waals surface area (Å²) in [4.78, 5) is 16.4. The Morgan fingerprint density at radius 2 is 1.89 bits per heavy atom. The Morgan fingerprint density at radius 3 is 2.56 bits per heavy atom. The number of methoxy groups -OCH3 is 2. The number of carbonyl (C=O) groups is 1. The molecule has 1 aromatic heterocycles. The normalized spacial score (nSPS) is 11.1. The molecule has 0 amide bonds. The lowest BCUT2D eigenvalue weighted by Crippen LogP contribution is -2.24. The number of benzene rings is 1. The highest BCUT2D eigenvalue weighted by Crippen LogP contribution is 2.16. The minimum absolute atomic E-state index is 0.192.